The molecule has 0 bridgehead atoms. The number of hydrogen-bond donors (Lipinski definition) is 1. The summed E-state index contributed by atoms with van der Waals surface area (Å²) in [6.07, 6.45) is 4.51. The molecule has 1 aromatic carbocycles. The first-order chi connectivity index (χ1) is 9.61. The molecule has 0 unspecified atom stereocenters. The molecule has 4 heteroatoms. The van der Waals surface area contributed by atoms with Gasteiger partial charge in [-0.15, -0.1) is 0 Å². The van der Waals surface area contributed by atoms with Gasteiger partial charge in [0.2, 0.25) is 0 Å². The molecule has 1 aliphatic carbocycles. The lowest BCUT2D eigenvalue weighted by Crippen LogP contribution is -2.39. The molecular formula is C16H20ClN3. The van der Waals surface area contributed by atoms with E-state index in [4.69, 9.17) is 11.6 Å². The Morgan fingerprint density at radius 2 is 2.00 bits per heavy atom. The van der Waals surface area contributed by atoms with Crippen molar-refractivity contribution < 1.29 is 0 Å². The molecule has 3 nitrogen and oxygen atoms in total. The Bertz CT molecular complexity index is 582. The fourth-order valence-corrected chi connectivity index (χ4v) is 2.99. The van der Waals surface area contributed by atoms with E-state index >= 15 is 0 Å². The van der Waals surface area contributed by atoms with Crippen LogP contribution in [0.4, 0.5) is 0 Å². The Kier molecular flexibility index (Phi) is 3.81. The lowest BCUT2D eigenvalue weighted by molar-refractivity contribution is 0.289. The largest absolute Gasteiger partial charge is 0.310 e. The Balaban J connectivity index is 1.49. The molecule has 1 saturated carbocycles. The van der Waals surface area contributed by atoms with Crippen LogP contribution in [0.2, 0.25) is 5.02 Å². The van der Waals surface area contributed by atoms with Crippen molar-refractivity contribution in [2.75, 3.05) is 0 Å². The number of nitrogens with one attached hydrogen (secondary N) is 1. The summed E-state index contributed by atoms with van der Waals surface area (Å²) in [6.45, 7) is 2.98. The molecule has 0 spiro atoms. The van der Waals surface area contributed by atoms with Crippen molar-refractivity contribution in [3.05, 3.63) is 52.3 Å². The summed E-state index contributed by atoms with van der Waals surface area (Å²) in [5.41, 5.74) is 3.82. The monoisotopic (exact) mass is 289 g/mol. The van der Waals surface area contributed by atoms with Crippen molar-refractivity contribution in [2.24, 2.45) is 7.05 Å². The molecule has 0 saturated heterocycles. The zero-order chi connectivity index (χ0) is 14.1. The van der Waals surface area contributed by atoms with Gasteiger partial charge in [-0.05, 0) is 43.4 Å². The summed E-state index contributed by atoms with van der Waals surface area (Å²) in [5, 5.41) is 8.80. The van der Waals surface area contributed by atoms with Gasteiger partial charge in [0, 0.05) is 36.4 Å². The first kappa shape index (κ1) is 13.7. The minimum absolute atomic E-state index is 0.621. The van der Waals surface area contributed by atoms with E-state index in [1.54, 1.807) is 0 Å². The van der Waals surface area contributed by atoms with Gasteiger partial charge in [-0.25, -0.2) is 0 Å². The molecule has 0 radical (unpaired) electrons. The summed E-state index contributed by atoms with van der Waals surface area (Å²) < 4.78 is 1.88. The van der Waals surface area contributed by atoms with Crippen molar-refractivity contribution in [3.8, 4) is 0 Å². The number of nitrogens with zero attached hydrogens (tertiary/aromatic N) is 2. The summed E-state index contributed by atoms with van der Waals surface area (Å²) in [6, 6.07) is 8.88. The van der Waals surface area contributed by atoms with Crippen LogP contribution in [0.1, 0.15) is 35.6 Å². The highest BCUT2D eigenvalue weighted by molar-refractivity contribution is 6.30. The van der Waals surface area contributed by atoms with E-state index in [1.807, 2.05) is 23.9 Å². The molecule has 1 fully saturated rings. The lowest BCUT2D eigenvalue weighted by Gasteiger charge is -2.36. The number of aromatic nitrogens is 2. The van der Waals surface area contributed by atoms with Gasteiger partial charge < -0.3 is 5.32 Å². The molecular weight excluding hydrogens is 270 g/mol. The third-order valence-electron chi connectivity index (χ3n) is 4.18. The van der Waals surface area contributed by atoms with Crippen LogP contribution in [-0.4, -0.2) is 15.8 Å². The SMILES string of the molecule is Cc1nn(C)cc1CNC1CC(c2ccc(Cl)cc2)C1. The highest BCUT2D eigenvalue weighted by Gasteiger charge is 2.29. The van der Waals surface area contributed by atoms with E-state index in [9.17, 15) is 0 Å². The standard InChI is InChI=1S/C16H20ClN3/c1-11-14(10-20(2)19-11)9-18-16-7-13(8-16)12-3-5-15(17)6-4-12/h3-6,10,13,16,18H,7-9H2,1-2H3. The Labute approximate surface area is 124 Å². The van der Waals surface area contributed by atoms with Crippen LogP contribution >= 0.6 is 11.6 Å². The number of rotatable bonds is 4. The number of halogens is 1. The van der Waals surface area contributed by atoms with E-state index in [0.717, 1.165) is 17.3 Å². The van der Waals surface area contributed by atoms with Crippen LogP contribution < -0.4 is 5.32 Å². The minimum Gasteiger partial charge on any atom is -0.310 e. The van der Waals surface area contributed by atoms with Crippen LogP contribution in [0.5, 0.6) is 0 Å². The van der Waals surface area contributed by atoms with Gasteiger partial charge in [-0.2, -0.15) is 5.10 Å². The van der Waals surface area contributed by atoms with Crippen LogP contribution in [0.3, 0.4) is 0 Å². The molecule has 1 aromatic heterocycles. The normalized spacial score (nSPS) is 21.8. The third kappa shape index (κ3) is 2.89. The second-order valence-electron chi connectivity index (χ2n) is 5.71. The first-order valence-electron chi connectivity index (χ1n) is 7.10. The van der Waals surface area contributed by atoms with Gasteiger partial charge in [0.25, 0.3) is 0 Å². The lowest BCUT2D eigenvalue weighted by atomic mass is 9.76. The highest BCUT2D eigenvalue weighted by atomic mass is 35.5. The Morgan fingerprint density at radius 1 is 1.30 bits per heavy atom. The highest BCUT2D eigenvalue weighted by Crippen LogP contribution is 2.37. The fourth-order valence-electron chi connectivity index (χ4n) is 2.87. The van der Waals surface area contributed by atoms with Gasteiger partial charge in [-0.1, -0.05) is 23.7 Å². The molecule has 0 aliphatic heterocycles. The molecule has 0 atom stereocenters. The van der Waals surface area contributed by atoms with Crippen molar-refractivity contribution in [1.82, 2.24) is 15.1 Å². The summed E-state index contributed by atoms with van der Waals surface area (Å²) >= 11 is 5.92. The second-order valence-corrected chi connectivity index (χ2v) is 6.15. The summed E-state index contributed by atoms with van der Waals surface area (Å²) in [5.74, 6) is 0.680. The Hall–Kier alpha value is -1.32. The zero-order valence-corrected chi connectivity index (χ0v) is 12.7. The molecule has 3 rings (SSSR count). The molecule has 1 N–H and O–H groups in total. The van der Waals surface area contributed by atoms with Crippen LogP contribution in [0, 0.1) is 6.92 Å². The quantitative estimate of drug-likeness (QED) is 0.935. The predicted molar refractivity (Wildman–Crippen MR) is 82.0 cm³/mol. The fraction of sp³-hybridized carbons (Fsp3) is 0.438. The second kappa shape index (κ2) is 5.58. The topological polar surface area (TPSA) is 29.9 Å². The average Bonchev–Trinajstić information content (AvgIpc) is 2.68. The average molecular weight is 290 g/mol. The van der Waals surface area contributed by atoms with Crippen LogP contribution in [0.25, 0.3) is 0 Å². The molecule has 1 aliphatic rings. The number of aryl methyl sites for hydroxylation is 2. The predicted octanol–water partition coefficient (Wildman–Crippen LogP) is 3.42. The van der Waals surface area contributed by atoms with E-state index in [0.29, 0.717) is 12.0 Å². The number of hydrogen-bond acceptors (Lipinski definition) is 2. The van der Waals surface area contributed by atoms with E-state index in [-0.39, 0.29) is 0 Å². The van der Waals surface area contributed by atoms with Gasteiger partial charge in [0.15, 0.2) is 0 Å². The van der Waals surface area contributed by atoms with E-state index in [2.05, 4.69) is 35.7 Å². The van der Waals surface area contributed by atoms with Crippen molar-refractivity contribution in [2.45, 2.75) is 38.3 Å². The van der Waals surface area contributed by atoms with E-state index in [1.165, 1.54) is 24.0 Å². The maximum absolute atomic E-state index is 5.92. The molecule has 106 valence electrons. The Morgan fingerprint density at radius 3 is 2.60 bits per heavy atom. The van der Waals surface area contributed by atoms with Crippen LogP contribution in [0.15, 0.2) is 30.5 Å². The van der Waals surface area contributed by atoms with Gasteiger partial charge in [0.1, 0.15) is 0 Å². The van der Waals surface area contributed by atoms with E-state index < -0.39 is 0 Å². The molecule has 20 heavy (non-hydrogen) atoms. The number of benzene rings is 1. The molecule has 1 heterocycles. The van der Waals surface area contributed by atoms with Gasteiger partial charge >= 0.3 is 0 Å². The van der Waals surface area contributed by atoms with Crippen molar-refractivity contribution >= 4 is 11.6 Å². The van der Waals surface area contributed by atoms with Crippen LogP contribution in [-0.2, 0) is 13.6 Å². The van der Waals surface area contributed by atoms with Gasteiger partial charge in [-0.3, -0.25) is 4.68 Å². The minimum atomic E-state index is 0.621. The first-order valence-corrected chi connectivity index (χ1v) is 7.47. The third-order valence-corrected chi connectivity index (χ3v) is 4.43. The zero-order valence-electron chi connectivity index (χ0n) is 11.9. The maximum Gasteiger partial charge on any atom is 0.0638 e. The van der Waals surface area contributed by atoms with Crippen molar-refractivity contribution in [3.63, 3.8) is 0 Å². The van der Waals surface area contributed by atoms with Crippen molar-refractivity contribution in [1.29, 1.82) is 0 Å². The smallest absolute Gasteiger partial charge is 0.0638 e. The molecule has 0 amide bonds. The molecule has 2 aromatic rings. The maximum atomic E-state index is 5.92. The summed E-state index contributed by atoms with van der Waals surface area (Å²) in [7, 11) is 1.97. The summed E-state index contributed by atoms with van der Waals surface area (Å²) in [4.78, 5) is 0. The van der Waals surface area contributed by atoms with Gasteiger partial charge in [0.05, 0.1) is 5.69 Å².